The summed E-state index contributed by atoms with van der Waals surface area (Å²) in [5.74, 6) is -0.272. The van der Waals surface area contributed by atoms with Gasteiger partial charge in [0.1, 0.15) is 17.9 Å². The molecule has 0 aliphatic carbocycles. The molecular weight excluding hydrogens is 615 g/mol. The Morgan fingerprint density at radius 2 is 1.78 bits per heavy atom. The number of nitrogens with one attached hydrogen (secondary N) is 1. The maximum absolute atomic E-state index is 13.5. The lowest BCUT2D eigenvalue weighted by molar-refractivity contribution is -0.115. The molecule has 1 aliphatic heterocycles. The van der Waals surface area contributed by atoms with Crippen molar-refractivity contribution in [1.29, 1.82) is 0 Å². The van der Waals surface area contributed by atoms with Crippen molar-refractivity contribution >= 4 is 28.7 Å². The normalized spacial score (nSPS) is 16.6. The number of halogens is 5. The van der Waals surface area contributed by atoms with Crippen LogP contribution in [0.25, 0.3) is 10.9 Å². The number of aromatic nitrogens is 1. The average Bonchev–Trinajstić information content (AvgIpc) is 3.42. The first kappa shape index (κ1) is 35.0. The molecule has 1 unspecified atom stereocenters. The first-order valence-corrected chi connectivity index (χ1v) is 14.7. The van der Waals surface area contributed by atoms with E-state index in [1.165, 1.54) is 23.8 Å². The van der Waals surface area contributed by atoms with E-state index in [1.807, 2.05) is 17.9 Å². The van der Waals surface area contributed by atoms with Gasteiger partial charge in [0.05, 0.1) is 31.8 Å². The number of fused-ring (bicyclic) bond motifs is 1. The van der Waals surface area contributed by atoms with Crippen molar-refractivity contribution in [3.05, 3.63) is 58.8 Å². The molecule has 14 heteroatoms. The number of rotatable bonds is 9. The molecule has 0 radical (unpaired) electrons. The number of hydrogen-bond donors (Lipinski definition) is 1. The Balaban J connectivity index is 1.78. The zero-order chi connectivity index (χ0) is 34.0. The minimum Gasteiger partial charge on any atom is -0.496 e. The van der Waals surface area contributed by atoms with Crippen LogP contribution in [0.2, 0.25) is 0 Å². The molecule has 1 N–H and O–H groups in total. The summed E-state index contributed by atoms with van der Waals surface area (Å²) >= 11 is 0. The van der Waals surface area contributed by atoms with Crippen LogP contribution >= 0.6 is 0 Å². The highest BCUT2D eigenvalue weighted by Crippen LogP contribution is 2.37. The van der Waals surface area contributed by atoms with Crippen LogP contribution in [0.5, 0.6) is 5.75 Å². The minimum absolute atomic E-state index is 0.0858. The van der Waals surface area contributed by atoms with Gasteiger partial charge < -0.3 is 19.5 Å². The Kier molecular flexibility index (Phi) is 10.5. The zero-order valence-electron chi connectivity index (χ0n) is 26.6. The molecule has 2 aromatic carbocycles. The third kappa shape index (κ3) is 8.27. The fourth-order valence-corrected chi connectivity index (χ4v) is 5.72. The lowest BCUT2D eigenvalue weighted by Gasteiger charge is -2.42. The SMILES string of the molecule is COC(=O)c1ccc(C2CN(CC(F)F)CCN2Cc2c(OC)cc(C)c3c2ccn3C(=O)OC(C)(C)C)cc1NCC(F)(F)F. The summed E-state index contributed by atoms with van der Waals surface area (Å²) in [7, 11) is 2.65. The Bertz CT molecular complexity index is 1570. The van der Waals surface area contributed by atoms with Crippen molar-refractivity contribution < 1.29 is 45.8 Å². The molecule has 1 saturated heterocycles. The monoisotopic (exact) mass is 654 g/mol. The van der Waals surface area contributed by atoms with Crippen molar-refractivity contribution in [3.63, 3.8) is 0 Å². The second kappa shape index (κ2) is 13.8. The third-order valence-electron chi connectivity index (χ3n) is 7.69. The van der Waals surface area contributed by atoms with Crippen LogP contribution in [0.1, 0.15) is 53.9 Å². The number of aryl methyl sites for hydroxylation is 1. The fourth-order valence-electron chi connectivity index (χ4n) is 5.72. The van der Waals surface area contributed by atoms with Crippen molar-refractivity contribution in [2.24, 2.45) is 0 Å². The Morgan fingerprint density at radius 1 is 1.07 bits per heavy atom. The van der Waals surface area contributed by atoms with Crippen molar-refractivity contribution in [2.45, 2.75) is 58.5 Å². The Morgan fingerprint density at radius 3 is 2.39 bits per heavy atom. The highest BCUT2D eigenvalue weighted by molar-refractivity contribution is 5.96. The smallest absolute Gasteiger partial charge is 0.419 e. The van der Waals surface area contributed by atoms with Crippen LogP contribution in [-0.2, 0) is 16.0 Å². The van der Waals surface area contributed by atoms with E-state index < -0.39 is 49.4 Å². The van der Waals surface area contributed by atoms with Crippen LogP contribution in [-0.4, -0.2) is 91.6 Å². The van der Waals surface area contributed by atoms with E-state index in [9.17, 15) is 31.5 Å². The van der Waals surface area contributed by atoms with E-state index >= 15 is 0 Å². The number of ether oxygens (including phenoxy) is 3. The lowest BCUT2D eigenvalue weighted by atomic mass is 9.97. The van der Waals surface area contributed by atoms with Crippen LogP contribution in [0.15, 0.2) is 36.5 Å². The third-order valence-corrected chi connectivity index (χ3v) is 7.69. The van der Waals surface area contributed by atoms with E-state index in [0.29, 0.717) is 29.9 Å². The van der Waals surface area contributed by atoms with Gasteiger partial charge in [-0.2, -0.15) is 13.2 Å². The molecule has 252 valence electrons. The molecule has 0 amide bonds. The number of carbonyl (C=O) groups excluding carboxylic acids is 2. The lowest BCUT2D eigenvalue weighted by Crippen LogP contribution is -2.49. The second-order valence-electron chi connectivity index (χ2n) is 12.2. The standard InChI is InChI=1S/C32H39F5N4O5/c1-19-13-26(44-5)23(21-9-10-41(28(19)21)30(43)46-31(2,3)4)15-40-12-11-39(17-27(33)34)16-25(40)20-7-8-22(29(42)45-6)24(14-20)38-18-32(35,36)37/h7-10,13-14,25,27,38H,11-12,15-18H2,1-6H3. The molecule has 1 aromatic heterocycles. The van der Waals surface area contributed by atoms with Gasteiger partial charge in [0.15, 0.2) is 0 Å². The molecule has 0 saturated carbocycles. The number of nitrogens with zero attached hydrogens (tertiary/aromatic N) is 3. The van der Waals surface area contributed by atoms with E-state index in [-0.39, 0.29) is 24.3 Å². The number of anilines is 1. The number of methoxy groups -OCH3 is 2. The fraction of sp³-hybridized carbons (Fsp3) is 0.500. The van der Waals surface area contributed by atoms with Crippen molar-refractivity contribution in [3.8, 4) is 5.75 Å². The molecule has 4 rings (SSSR count). The molecule has 0 bridgehead atoms. The van der Waals surface area contributed by atoms with Gasteiger partial charge in [-0.3, -0.25) is 14.4 Å². The first-order valence-electron chi connectivity index (χ1n) is 14.7. The summed E-state index contributed by atoms with van der Waals surface area (Å²) < 4.78 is 83.9. The summed E-state index contributed by atoms with van der Waals surface area (Å²) in [6.45, 7) is 6.37. The van der Waals surface area contributed by atoms with E-state index in [1.54, 1.807) is 44.0 Å². The van der Waals surface area contributed by atoms with Gasteiger partial charge in [0.25, 0.3) is 6.43 Å². The molecule has 9 nitrogen and oxygen atoms in total. The molecule has 1 fully saturated rings. The summed E-state index contributed by atoms with van der Waals surface area (Å²) in [6, 6.07) is 7.44. The van der Waals surface area contributed by atoms with Gasteiger partial charge in [-0.15, -0.1) is 0 Å². The van der Waals surface area contributed by atoms with Gasteiger partial charge in [-0.1, -0.05) is 6.07 Å². The highest BCUT2D eigenvalue weighted by Gasteiger charge is 2.33. The maximum Gasteiger partial charge on any atom is 0.419 e. The Labute approximate surface area is 264 Å². The van der Waals surface area contributed by atoms with E-state index in [4.69, 9.17) is 14.2 Å². The molecule has 0 spiro atoms. The summed E-state index contributed by atoms with van der Waals surface area (Å²) in [5.41, 5.74) is 1.75. The number of carbonyl (C=O) groups is 2. The van der Waals surface area contributed by atoms with Gasteiger partial charge in [0.2, 0.25) is 0 Å². The van der Waals surface area contributed by atoms with Crippen LogP contribution in [0.4, 0.5) is 32.4 Å². The van der Waals surface area contributed by atoms with Crippen LogP contribution in [0.3, 0.4) is 0 Å². The molecule has 1 aliphatic rings. The van der Waals surface area contributed by atoms with Crippen molar-refractivity contribution in [1.82, 2.24) is 14.4 Å². The van der Waals surface area contributed by atoms with Crippen LogP contribution in [0, 0.1) is 6.92 Å². The van der Waals surface area contributed by atoms with Crippen molar-refractivity contribution in [2.75, 3.05) is 52.3 Å². The predicted molar refractivity (Wildman–Crippen MR) is 163 cm³/mol. The zero-order valence-corrected chi connectivity index (χ0v) is 26.6. The average molecular weight is 655 g/mol. The minimum atomic E-state index is -4.56. The van der Waals surface area contributed by atoms with E-state index in [2.05, 4.69) is 5.32 Å². The molecule has 3 aromatic rings. The molecular formula is C32H39F5N4O5. The predicted octanol–water partition coefficient (Wildman–Crippen LogP) is 6.63. The largest absolute Gasteiger partial charge is 0.496 e. The summed E-state index contributed by atoms with van der Waals surface area (Å²) in [5, 5.41) is 3.02. The van der Waals surface area contributed by atoms with Crippen LogP contribution < -0.4 is 10.1 Å². The number of esters is 1. The molecule has 1 atom stereocenters. The second-order valence-corrected chi connectivity index (χ2v) is 12.2. The Hall–Kier alpha value is -3.91. The number of hydrogen-bond acceptors (Lipinski definition) is 8. The number of benzene rings is 2. The molecule has 46 heavy (non-hydrogen) atoms. The highest BCUT2D eigenvalue weighted by atomic mass is 19.4. The molecule has 2 heterocycles. The van der Waals surface area contributed by atoms with Gasteiger partial charge in [-0.25, -0.2) is 18.4 Å². The maximum atomic E-state index is 13.5. The summed E-state index contributed by atoms with van der Waals surface area (Å²) in [6.07, 6.45) is -6.07. The summed E-state index contributed by atoms with van der Waals surface area (Å²) in [4.78, 5) is 29.1. The number of alkyl halides is 5. The van der Waals surface area contributed by atoms with Gasteiger partial charge in [0, 0.05) is 55.1 Å². The van der Waals surface area contributed by atoms with Gasteiger partial charge >= 0.3 is 18.2 Å². The first-order chi connectivity index (χ1) is 21.5. The van der Waals surface area contributed by atoms with E-state index in [0.717, 1.165) is 23.6 Å². The van der Waals surface area contributed by atoms with Gasteiger partial charge in [-0.05, 0) is 63.1 Å². The number of piperazine rings is 1. The quantitative estimate of drug-likeness (QED) is 0.204. The topological polar surface area (TPSA) is 85.3 Å².